The van der Waals surface area contributed by atoms with Crippen LogP contribution in [0.4, 0.5) is 0 Å². The first-order valence-corrected chi connectivity index (χ1v) is 5.76. The van der Waals surface area contributed by atoms with Crippen molar-refractivity contribution in [2.75, 3.05) is 13.6 Å². The second-order valence-electron chi connectivity index (χ2n) is 4.42. The monoisotopic (exact) mass is 214 g/mol. The van der Waals surface area contributed by atoms with E-state index in [0.29, 0.717) is 5.92 Å². The molecule has 1 unspecified atom stereocenters. The smallest absolute Gasteiger partial charge is 0.236 e. The van der Waals surface area contributed by atoms with Crippen molar-refractivity contribution in [3.63, 3.8) is 0 Å². The van der Waals surface area contributed by atoms with Gasteiger partial charge in [0.2, 0.25) is 5.91 Å². The summed E-state index contributed by atoms with van der Waals surface area (Å²) in [4.78, 5) is 11.2. The van der Waals surface area contributed by atoms with Gasteiger partial charge in [-0.25, -0.2) is 0 Å². The highest BCUT2D eigenvalue weighted by molar-refractivity contribution is 5.80. The maximum Gasteiger partial charge on any atom is 0.236 e. The molecule has 15 heavy (non-hydrogen) atoms. The molecule has 1 rings (SSSR count). The van der Waals surface area contributed by atoms with Gasteiger partial charge in [-0.05, 0) is 45.1 Å². The van der Waals surface area contributed by atoms with Crippen LogP contribution in [0.25, 0.3) is 0 Å². The van der Waals surface area contributed by atoms with Crippen LogP contribution in [0.1, 0.15) is 32.6 Å². The molecule has 0 radical (unpaired) electrons. The van der Waals surface area contributed by atoms with Crippen LogP contribution in [-0.2, 0) is 4.79 Å². The lowest BCUT2D eigenvalue weighted by atomic mass is 9.87. The molecule has 1 saturated carbocycles. The molecule has 1 amide bonds. The number of rotatable bonds is 4. The average molecular weight is 214 g/mol. The van der Waals surface area contributed by atoms with Crippen molar-refractivity contribution in [1.82, 2.24) is 10.6 Å². The summed E-state index contributed by atoms with van der Waals surface area (Å²) in [7, 11) is 1.65. The Morgan fingerprint density at radius 1 is 1.40 bits per heavy atom. The van der Waals surface area contributed by atoms with Crippen LogP contribution in [-0.4, -0.2) is 36.8 Å². The summed E-state index contributed by atoms with van der Waals surface area (Å²) < 4.78 is 0. The molecule has 1 aliphatic carbocycles. The van der Waals surface area contributed by atoms with Crippen molar-refractivity contribution in [2.24, 2.45) is 5.92 Å². The minimum atomic E-state index is -0.123. The second-order valence-corrected chi connectivity index (χ2v) is 4.42. The van der Waals surface area contributed by atoms with Gasteiger partial charge in [0.05, 0.1) is 12.1 Å². The number of aliphatic hydroxyl groups is 1. The predicted octanol–water partition coefficient (Wildman–Crippen LogP) is 0.262. The van der Waals surface area contributed by atoms with Gasteiger partial charge in [-0.3, -0.25) is 4.79 Å². The van der Waals surface area contributed by atoms with Crippen molar-refractivity contribution < 1.29 is 9.90 Å². The summed E-state index contributed by atoms with van der Waals surface area (Å²) in [6.45, 7) is 2.75. The highest BCUT2D eigenvalue weighted by Crippen LogP contribution is 2.23. The Balaban J connectivity index is 2.17. The third-order valence-electron chi connectivity index (χ3n) is 3.17. The molecule has 0 aromatic heterocycles. The van der Waals surface area contributed by atoms with Gasteiger partial charge < -0.3 is 15.7 Å². The SMILES string of the molecule is CNC(=O)C(C)NCC1CCC(O)CC1. The summed E-state index contributed by atoms with van der Waals surface area (Å²) in [6, 6.07) is -0.123. The average Bonchev–Trinajstić information content (AvgIpc) is 2.26. The molecule has 0 heterocycles. The highest BCUT2D eigenvalue weighted by atomic mass is 16.3. The van der Waals surface area contributed by atoms with Gasteiger partial charge in [0.25, 0.3) is 0 Å². The van der Waals surface area contributed by atoms with Crippen LogP contribution in [0.2, 0.25) is 0 Å². The Hall–Kier alpha value is -0.610. The van der Waals surface area contributed by atoms with Crippen LogP contribution >= 0.6 is 0 Å². The molecule has 0 aromatic carbocycles. The Bertz CT molecular complexity index is 201. The highest BCUT2D eigenvalue weighted by Gasteiger charge is 2.20. The van der Waals surface area contributed by atoms with E-state index < -0.39 is 0 Å². The van der Waals surface area contributed by atoms with Gasteiger partial charge in [0, 0.05) is 7.05 Å². The Morgan fingerprint density at radius 2 is 2.00 bits per heavy atom. The first-order valence-electron chi connectivity index (χ1n) is 5.76. The molecule has 0 bridgehead atoms. The van der Waals surface area contributed by atoms with E-state index in [1.807, 2.05) is 6.92 Å². The van der Waals surface area contributed by atoms with E-state index in [-0.39, 0.29) is 18.1 Å². The lowest BCUT2D eigenvalue weighted by molar-refractivity contribution is -0.122. The fourth-order valence-corrected chi connectivity index (χ4v) is 2.00. The number of hydrogen-bond donors (Lipinski definition) is 3. The Kier molecular flexibility index (Phi) is 5.05. The largest absolute Gasteiger partial charge is 0.393 e. The fourth-order valence-electron chi connectivity index (χ4n) is 2.00. The molecule has 0 saturated heterocycles. The zero-order chi connectivity index (χ0) is 11.3. The van der Waals surface area contributed by atoms with Gasteiger partial charge in [-0.1, -0.05) is 0 Å². The first kappa shape index (κ1) is 12.5. The number of carbonyl (C=O) groups is 1. The van der Waals surface area contributed by atoms with Crippen molar-refractivity contribution in [2.45, 2.75) is 44.8 Å². The number of aliphatic hydroxyl groups excluding tert-OH is 1. The molecule has 1 aliphatic rings. The number of nitrogens with one attached hydrogen (secondary N) is 2. The molecule has 0 aliphatic heterocycles. The summed E-state index contributed by atoms with van der Waals surface area (Å²) in [5, 5.41) is 15.2. The zero-order valence-corrected chi connectivity index (χ0v) is 9.62. The van der Waals surface area contributed by atoms with Crippen LogP contribution in [0.15, 0.2) is 0 Å². The van der Waals surface area contributed by atoms with Crippen LogP contribution in [0, 0.1) is 5.92 Å². The molecule has 3 N–H and O–H groups in total. The summed E-state index contributed by atoms with van der Waals surface area (Å²) in [6.07, 6.45) is 3.84. The standard InChI is InChI=1S/C11H22N2O2/c1-8(11(15)12-2)13-7-9-3-5-10(14)6-4-9/h8-10,13-14H,3-7H2,1-2H3,(H,12,15). The summed E-state index contributed by atoms with van der Waals surface area (Å²) in [5.41, 5.74) is 0. The summed E-state index contributed by atoms with van der Waals surface area (Å²) >= 11 is 0. The zero-order valence-electron chi connectivity index (χ0n) is 9.62. The molecule has 88 valence electrons. The fraction of sp³-hybridized carbons (Fsp3) is 0.909. The van der Waals surface area contributed by atoms with Gasteiger partial charge >= 0.3 is 0 Å². The maximum absolute atomic E-state index is 11.2. The number of likely N-dealkylation sites (N-methyl/N-ethyl adjacent to an activating group) is 1. The van der Waals surface area contributed by atoms with Crippen molar-refractivity contribution in [3.05, 3.63) is 0 Å². The third-order valence-corrected chi connectivity index (χ3v) is 3.17. The van der Waals surface area contributed by atoms with E-state index in [4.69, 9.17) is 0 Å². The van der Waals surface area contributed by atoms with Crippen LogP contribution in [0.3, 0.4) is 0 Å². The van der Waals surface area contributed by atoms with Gasteiger partial charge in [-0.2, -0.15) is 0 Å². The number of carbonyl (C=O) groups excluding carboxylic acids is 1. The molecule has 1 atom stereocenters. The van der Waals surface area contributed by atoms with Gasteiger partial charge in [0.1, 0.15) is 0 Å². The molecule has 0 aromatic rings. The first-order chi connectivity index (χ1) is 7.13. The minimum Gasteiger partial charge on any atom is -0.393 e. The van der Waals surface area contributed by atoms with Crippen molar-refractivity contribution >= 4 is 5.91 Å². The number of amides is 1. The Morgan fingerprint density at radius 3 is 2.53 bits per heavy atom. The predicted molar refractivity (Wildman–Crippen MR) is 59.5 cm³/mol. The second kappa shape index (κ2) is 6.08. The van der Waals surface area contributed by atoms with E-state index in [1.165, 1.54) is 0 Å². The van der Waals surface area contributed by atoms with E-state index in [0.717, 1.165) is 32.2 Å². The van der Waals surface area contributed by atoms with Crippen molar-refractivity contribution in [1.29, 1.82) is 0 Å². The lowest BCUT2D eigenvalue weighted by Gasteiger charge is -2.26. The summed E-state index contributed by atoms with van der Waals surface area (Å²) in [5.74, 6) is 0.645. The third kappa shape index (κ3) is 4.18. The molecule has 0 spiro atoms. The van der Waals surface area contributed by atoms with Crippen LogP contribution < -0.4 is 10.6 Å². The Labute approximate surface area is 91.4 Å². The van der Waals surface area contributed by atoms with Gasteiger partial charge in [-0.15, -0.1) is 0 Å². The minimum absolute atomic E-state index is 0.0332. The van der Waals surface area contributed by atoms with Crippen LogP contribution in [0.5, 0.6) is 0 Å². The van der Waals surface area contributed by atoms with Crippen molar-refractivity contribution in [3.8, 4) is 0 Å². The van der Waals surface area contributed by atoms with E-state index in [2.05, 4.69) is 10.6 Å². The molecular formula is C11H22N2O2. The molecular weight excluding hydrogens is 192 g/mol. The normalized spacial score (nSPS) is 28.5. The quantitative estimate of drug-likeness (QED) is 0.629. The maximum atomic E-state index is 11.2. The topological polar surface area (TPSA) is 61.4 Å². The lowest BCUT2D eigenvalue weighted by Crippen LogP contribution is -2.43. The molecule has 1 fully saturated rings. The van der Waals surface area contributed by atoms with E-state index in [9.17, 15) is 9.90 Å². The molecule has 4 nitrogen and oxygen atoms in total. The van der Waals surface area contributed by atoms with E-state index >= 15 is 0 Å². The number of hydrogen-bond acceptors (Lipinski definition) is 3. The van der Waals surface area contributed by atoms with Gasteiger partial charge in [0.15, 0.2) is 0 Å². The molecule has 4 heteroatoms. The van der Waals surface area contributed by atoms with E-state index in [1.54, 1.807) is 7.05 Å².